The summed E-state index contributed by atoms with van der Waals surface area (Å²) < 4.78 is 0. The third kappa shape index (κ3) is 7.44. The van der Waals surface area contributed by atoms with Gasteiger partial charge in [-0.3, -0.25) is 9.69 Å². The molecular weight excluding hydrogens is 460 g/mol. The van der Waals surface area contributed by atoms with Crippen LogP contribution in [0.25, 0.3) is 0 Å². The van der Waals surface area contributed by atoms with Crippen LogP contribution in [0.3, 0.4) is 0 Å². The highest BCUT2D eigenvalue weighted by Gasteiger charge is 2.29. The van der Waals surface area contributed by atoms with Crippen LogP contribution in [0.5, 0.6) is 0 Å². The Labute approximate surface area is 222 Å². The molecule has 7 nitrogen and oxygen atoms in total. The Kier molecular flexibility index (Phi) is 9.28. The molecule has 7 heteroatoms. The molecule has 3 aliphatic heterocycles. The molecule has 3 aliphatic rings. The van der Waals surface area contributed by atoms with Crippen LogP contribution in [0.15, 0.2) is 42.6 Å². The van der Waals surface area contributed by atoms with E-state index in [1.807, 2.05) is 24.4 Å². The van der Waals surface area contributed by atoms with Gasteiger partial charge in [-0.25, -0.2) is 4.98 Å². The van der Waals surface area contributed by atoms with E-state index in [0.29, 0.717) is 24.4 Å². The Morgan fingerprint density at radius 3 is 2.41 bits per heavy atom. The summed E-state index contributed by atoms with van der Waals surface area (Å²) in [5, 5.41) is 3.69. The highest BCUT2D eigenvalue weighted by molar-refractivity contribution is 5.76. The smallest absolute Gasteiger partial charge is 0.224 e. The number of benzene rings is 1. The Balaban J connectivity index is 1.11. The van der Waals surface area contributed by atoms with Crippen molar-refractivity contribution in [1.29, 1.82) is 0 Å². The van der Waals surface area contributed by atoms with Crippen LogP contribution in [0.4, 0.5) is 11.8 Å². The van der Waals surface area contributed by atoms with Gasteiger partial charge in [-0.15, -0.1) is 0 Å². The highest BCUT2D eigenvalue weighted by atomic mass is 16.2. The van der Waals surface area contributed by atoms with Gasteiger partial charge in [0.1, 0.15) is 5.82 Å². The SMILES string of the molecule is O=C(CCc1ccccc1)N1CCC(N2CCCCC(Nc3nccc(N4CCCCCC4)n3)C2)CC1. The molecule has 1 N–H and O–H groups in total. The van der Waals surface area contributed by atoms with Crippen molar-refractivity contribution in [2.75, 3.05) is 49.5 Å². The van der Waals surface area contributed by atoms with Gasteiger partial charge in [0.25, 0.3) is 0 Å². The summed E-state index contributed by atoms with van der Waals surface area (Å²) in [6, 6.07) is 13.3. The molecule has 1 aromatic heterocycles. The fourth-order valence-corrected chi connectivity index (χ4v) is 6.23. The van der Waals surface area contributed by atoms with E-state index in [-0.39, 0.29) is 0 Å². The van der Waals surface area contributed by atoms with Gasteiger partial charge in [-0.05, 0) is 63.1 Å². The number of hydrogen-bond acceptors (Lipinski definition) is 6. The molecule has 3 saturated heterocycles. The molecule has 0 radical (unpaired) electrons. The number of nitrogens with one attached hydrogen (secondary N) is 1. The number of rotatable bonds is 7. The number of piperidine rings is 1. The molecule has 0 saturated carbocycles. The van der Waals surface area contributed by atoms with Gasteiger partial charge >= 0.3 is 0 Å². The zero-order valence-electron chi connectivity index (χ0n) is 22.4. The summed E-state index contributed by atoms with van der Waals surface area (Å²) in [5.74, 6) is 2.14. The van der Waals surface area contributed by atoms with Crippen molar-refractivity contribution in [2.24, 2.45) is 0 Å². The number of aryl methyl sites for hydroxylation is 1. The first-order valence-electron chi connectivity index (χ1n) is 14.6. The third-order valence-electron chi connectivity index (χ3n) is 8.41. The quantitative estimate of drug-likeness (QED) is 0.587. The minimum Gasteiger partial charge on any atom is -0.356 e. The first-order chi connectivity index (χ1) is 18.2. The maximum absolute atomic E-state index is 12.8. The third-order valence-corrected chi connectivity index (χ3v) is 8.41. The van der Waals surface area contributed by atoms with Gasteiger partial charge in [0.2, 0.25) is 11.9 Å². The van der Waals surface area contributed by atoms with Crippen LogP contribution >= 0.6 is 0 Å². The molecule has 0 bridgehead atoms. The van der Waals surface area contributed by atoms with Gasteiger partial charge in [0.05, 0.1) is 0 Å². The Morgan fingerprint density at radius 2 is 1.62 bits per heavy atom. The summed E-state index contributed by atoms with van der Waals surface area (Å²) in [4.78, 5) is 29.5. The number of nitrogens with zero attached hydrogens (tertiary/aromatic N) is 5. The Bertz CT molecular complexity index is 969. The normalized spacial score (nSPS) is 22.3. The van der Waals surface area contributed by atoms with Crippen LogP contribution in [0.1, 0.15) is 69.8 Å². The number of carbonyl (C=O) groups is 1. The van der Waals surface area contributed by atoms with E-state index < -0.39 is 0 Å². The molecule has 1 amide bonds. The van der Waals surface area contributed by atoms with Gasteiger partial charge in [-0.2, -0.15) is 4.98 Å². The molecule has 1 aromatic carbocycles. The first kappa shape index (κ1) is 26.0. The lowest BCUT2D eigenvalue weighted by Gasteiger charge is -2.39. The second-order valence-corrected chi connectivity index (χ2v) is 11.1. The van der Waals surface area contributed by atoms with Crippen LogP contribution in [0.2, 0.25) is 0 Å². The van der Waals surface area contributed by atoms with Crippen LogP contribution in [-0.4, -0.2) is 77.0 Å². The van der Waals surface area contributed by atoms with E-state index in [0.717, 1.165) is 76.7 Å². The lowest BCUT2D eigenvalue weighted by molar-refractivity contribution is -0.132. The number of likely N-dealkylation sites (tertiary alicyclic amines) is 2. The summed E-state index contributed by atoms with van der Waals surface area (Å²) in [5.41, 5.74) is 1.25. The van der Waals surface area contributed by atoms with E-state index in [4.69, 9.17) is 4.98 Å². The second kappa shape index (κ2) is 13.2. The fraction of sp³-hybridized carbons (Fsp3) is 0.633. The van der Waals surface area contributed by atoms with E-state index in [1.54, 1.807) is 0 Å². The van der Waals surface area contributed by atoms with Crippen LogP contribution in [-0.2, 0) is 11.2 Å². The monoisotopic (exact) mass is 504 g/mol. The molecule has 1 unspecified atom stereocenters. The average molecular weight is 505 g/mol. The Hall–Kier alpha value is -2.67. The number of amides is 1. The van der Waals surface area contributed by atoms with E-state index in [2.05, 4.69) is 43.2 Å². The number of anilines is 2. The summed E-state index contributed by atoms with van der Waals surface area (Å²) in [6.45, 7) is 6.15. The van der Waals surface area contributed by atoms with Gasteiger partial charge in [0.15, 0.2) is 0 Å². The lowest BCUT2D eigenvalue weighted by Crippen LogP contribution is -2.49. The first-order valence-corrected chi connectivity index (χ1v) is 14.6. The maximum atomic E-state index is 12.8. The van der Waals surface area contributed by atoms with Crippen molar-refractivity contribution >= 4 is 17.7 Å². The lowest BCUT2D eigenvalue weighted by atomic mass is 10.0. The standard InChI is InChI=1S/C30H44N6O/c37-29(14-13-25-10-4-3-5-11-25)35-22-16-27(17-23-35)36-21-9-6-12-26(24-36)32-30-31-18-15-28(33-30)34-19-7-1-2-8-20-34/h3-5,10-11,15,18,26-27H,1-2,6-9,12-14,16-17,19-24H2,(H,31,32,33). The van der Waals surface area contributed by atoms with E-state index >= 15 is 0 Å². The zero-order chi connectivity index (χ0) is 25.3. The topological polar surface area (TPSA) is 64.6 Å². The summed E-state index contributed by atoms with van der Waals surface area (Å²) in [6.07, 6.45) is 14.3. The van der Waals surface area contributed by atoms with Gasteiger partial charge < -0.3 is 15.1 Å². The predicted octanol–water partition coefficient (Wildman–Crippen LogP) is 4.75. The number of carbonyl (C=O) groups excluding carboxylic acids is 1. The molecule has 37 heavy (non-hydrogen) atoms. The second-order valence-electron chi connectivity index (χ2n) is 11.1. The maximum Gasteiger partial charge on any atom is 0.224 e. The molecule has 2 aromatic rings. The molecule has 3 fully saturated rings. The molecule has 200 valence electrons. The minimum absolute atomic E-state index is 0.305. The molecular formula is C30H44N6O. The largest absolute Gasteiger partial charge is 0.356 e. The molecule has 1 atom stereocenters. The van der Waals surface area contributed by atoms with Crippen LogP contribution < -0.4 is 10.2 Å². The minimum atomic E-state index is 0.305. The van der Waals surface area contributed by atoms with Crippen molar-refractivity contribution in [1.82, 2.24) is 19.8 Å². The van der Waals surface area contributed by atoms with Crippen molar-refractivity contribution in [3.63, 3.8) is 0 Å². The average Bonchev–Trinajstić information content (AvgIpc) is 3.36. The van der Waals surface area contributed by atoms with Crippen molar-refractivity contribution < 1.29 is 4.79 Å². The van der Waals surface area contributed by atoms with Gasteiger partial charge in [-0.1, -0.05) is 49.6 Å². The van der Waals surface area contributed by atoms with Crippen molar-refractivity contribution in [3.05, 3.63) is 48.2 Å². The summed E-state index contributed by atoms with van der Waals surface area (Å²) >= 11 is 0. The molecule has 5 rings (SSSR count). The highest BCUT2D eigenvalue weighted by Crippen LogP contribution is 2.24. The Morgan fingerprint density at radius 1 is 0.865 bits per heavy atom. The molecule has 4 heterocycles. The molecule has 0 aliphatic carbocycles. The van der Waals surface area contributed by atoms with E-state index in [1.165, 1.54) is 44.1 Å². The number of hydrogen-bond donors (Lipinski definition) is 1. The predicted molar refractivity (Wildman–Crippen MR) is 150 cm³/mol. The summed E-state index contributed by atoms with van der Waals surface area (Å²) in [7, 11) is 0. The molecule has 0 spiro atoms. The zero-order valence-corrected chi connectivity index (χ0v) is 22.4. The van der Waals surface area contributed by atoms with Crippen molar-refractivity contribution in [2.45, 2.75) is 82.7 Å². The van der Waals surface area contributed by atoms with E-state index in [9.17, 15) is 4.79 Å². The van der Waals surface area contributed by atoms with Gasteiger partial charge in [0, 0.05) is 57.4 Å². The van der Waals surface area contributed by atoms with Crippen molar-refractivity contribution in [3.8, 4) is 0 Å². The fourth-order valence-electron chi connectivity index (χ4n) is 6.23. The number of aromatic nitrogens is 2. The van der Waals surface area contributed by atoms with Crippen LogP contribution in [0, 0.1) is 0 Å².